The van der Waals surface area contributed by atoms with E-state index in [1.165, 1.54) is 34.8 Å². The summed E-state index contributed by atoms with van der Waals surface area (Å²) in [4.78, 5) is 2.36. The van der Waals surface area contributed by atoms with Crippen molar-refractivity contribution >= 4 is 22.7 Å². The Balaban J connectivity index is 2.08. The number of rotatable bonds is 2. The lowest BCUT2D eigenvalue weighted by molar-refractivity contribution is 0.623. The highest BCUT2D eigenvalue weighted by molar-refractivity contribution is 7.23. The van der Waals surface area contributed by atoms with E-state index >= 15 is 0 Å². The predicted octanol–water partition coefficient (Wildman–Crippen LogP) is 7.16. The third kappa shape index (κ3) is 3.71. The summed E-state index contributed by atoms with van der Waals surface area (Å²) < 4.78 is 28.4. The summed E-state index contributed by atoms with van der Waals surface area (Å²) in [6.45, 7) is 3.85. The molecule has 3 rings (SSSR count). The summed E-state index contributed by atoms with van der Waals surface area (Å²) in [5.74, 6) is -0.735. The first-order valence-electron chi connectivity index (χ1n) is 7.50. The van der Waals surface area contributed by atoms with Gasteiger partial charge in [-0.25, -0.2) is 8.78 Å². The van der Waals surface area contributed by atoms with Crippen molar-refractivity contribution in [3.63, 3.8) is 0 Å². The average Bonchev–Trinajstić information content (AvgIpc) is 3.07. The molecule has 0 N–H and O–H groups in total. The molecule has 3 aromatic rings. The SMILES string of the molecule is Cc1ccccc(-c2cc(F)c(-c3sc(C)cc3F)s2)cccc1. The Kier molecular flexibility index (Phi) is 5.07. The maximum Gasteiger partial charge on any atom is 0.143 e. The van der Waals surface area contributed by atoms with E-state index in [9.17, 15) is 8.78 Å². The van der Waals surface area contributed by atoms with Crippen molar-refractivity contribution in [1.29, 1.82) is 0 Å². The van der Waals surface area contributed by atoms with Crippen LogP contribution in [0.4, 0.5) is 8.78 Å². The molecule has 0 aliphatic carbocycles. The van der Waals surface area contributed by atoms with E-state index in [0.717, 1.165) is 20.9 Å². The Morgan fingerprint density at radius 1 is 0.708 bits per heavy atom. The van der Waals surface area contributed by atoms with Crippen LogP contribution >= 0.6 is 22.7 Å². The van der Waals surface area contributed by atoms with Crippen LogP contribution in [-0.4, -0.2) is 0 Å². The van der Waals surface area contributed by atoms with Crippen molar-refractivity contribution in [2.75, 3.05) is 0 Å². The number of aryl methyl sites for hydroxylation is 2. The second kappa shape index (κ2) is 7.24. The largest absolute Gasteiger partial charge is 0.205 e. The molecule has 0 radical (unpaired) electrons. The molecule has 4 heteroatoms. The highest BCUT2D eigenvalue weighted by Crippen LogP contribution is 2.41. The molecule has 2 heterocycles. The van der Waals surface area contributed by atoms with Gasteiger partial charge in [0.25, 0.3) is 0 Å². The van der Waals surface area contributed by atoms with Crippen LogP contribution in [0.25, 0.3) is 20.2 Å². The van der Waals surface area contributed by atoms with Crippen molar-refractivity contribution in [3.8, 4) is 20.2 Å². The van der Waals surface area contributed by atoms with Gasteiger partial charge in [0, 0.05) is 9.75 Å². The second-order valence-electron chi connectivity index (χ2n) is 5.46. The highest BCUT2D eigenvalue weighted by Gasteiger charge is 2.17. The predicted molar refractivity (Wildman–Crippen MR) is 100 cm³/mol. The lowest BCUT2D eigenvalue weighted by Crippen LogP contribution is -1.74. The fourth-order valence-electron chi connectivity index (χ4n) is 2.31. The van der Waals surface area contributed by atoms with Crippen LogP contribution in [0.5, 0.6) is 0 Å². The van der Waals surface area contributed by atoms with Gasteiger partial charge in [-0.1, -0.05) is 54.1 Å². The molecule has 1 aromatic carbocycles. The first-order chi connectivity index (χ1) is 11.5. The van der Waals surface area contributed by atoms with E-state index < -0.39 is 0 Å². The standard InChI is InChI=1S/C20H16F2S2/c1-13-7-3-5-9-15(10-6-4-8-13)18-12-17(22)20(24-18)19-16(21)11-14(2)23-19/h3-12H,1-2H3. The van der Waals surface area contributed by atoms with Gasteiger partial charge in [-0.05, 0) is 31.5 Å². The molecule has 0 saturated carbocycles. The fourth-order valence-corrected chi connectivity index (χ4v) is 4.38. The van der Waals surface area contributed by atoms with Crippen molar-refractivity contribution in [1.82, 2.24) is 0 Å². The van der Waals surface area contributed by atoms with Gasteiger partial charge in [0.2, 0.25) is 0 Å². The Hall–Kier alpha value is -2.04. The van der Waals surface area contributed by atoms with Crippen LogP contribution in [-0.2, 0) is 0 Å². The summed E-state index contributed by atoms with van der Waals surface area (Å²) in [6.07, 6.45) is 0. The molecule has 0 saturated heterocycles. The van der Waals surface area contributed by atoms with Gasteiger partial charge in [-0.2, -0.15) is 0 Å². The third-order valence-electron chi connectivity index (χ3n) is 3.48. The fraction of sp³-hybridized carbons (Fsp3) is 0.100. The second-order valence-corrected chi connectivity index (χ2v) is 7.77. The Morgan fingerprint density at radius 3 is 1.83 bits per heavy atom. The maximum absolute atomic E-state index is 14.4. The topological polar surface area (TPSA) is 0 Å². The summed E-state index contributed by atoms with van der Waals surface area (Å²) >= 11 is 2.56. The molecule has 0 aliphatic heterocycles. The maximum atomic E-state index is 14.4. The van der Waals surface area contributed by atoms with Crippen LogP contribution < -0.4 is 0 Å². The third-order valence-corrected chi connectivity index (χ3v) is 5.83. The minimum Gasteiger partial charge on any atom is -0.205 e. The van der Waals surface area contributed by atoms with Crippen LogP contribution in [0.3, 0.4) is 0 Å². The smallest absolute Gasteiger partial charge is 0.143 e. The summed E-state index contributed by atoms with van der Waals surface area (Å²) in [5.41, 5.74) is 2.05. The van der Waals surface area contributed by atoms with E-state index in [4.69, 9.17) is 0 Å². The molecule has 0 bridgehead atoms. The summed E-state index contributed by atoms with van der Waals surface area (Å²) in [6, 6.07) is 18.6. The lowest BCUT2D eigenvalue weighted by Gasteiger charge is -1.94. The van der Waals surface area contributed by atoms with Gasteiger partial charge >= 0.3 is 0 Å². The molecule has 0 unspecified atom stereocenters. The van der Waals surface area contributed by atoms with Crippen molar-refractivity contribution in [2.45, 2.75) is 13.8 Å². The molecule has 0 atom stereocenters. The molecule has 0 aliphatic rings. The Morgan fingerprint density at radius 2 is 1.25 bits per heavy atom. The van der Waals surface area contributed by atoms with Gasteiger partial charge in [-0.3, -0.25) is 0 Å². The van der Waals surface area contributed by atoms with Gasteiger partial charge in [0.15, 0.2) is 0 Å². The number of thiophene rings is 2. The minimum atomic E-state index is -0.377. The van der Waals surface area contributed by atoms with E-state index in [-0.39, 0.29) is 11.6 Å². The van der Waals surface area contributed by atoms with E-state index in [2.05, 4.69) is 0 Å². The monoisotopic (exact) mass is 358 g/mol. The van der Waals surface area contributed by atoms with Crippen LogP contribution in [0, 0.1) is 25.5 Å². The molecule has 0 fully saturated rings. The van der Waals surface area contributed by atoms with Gasteiger partial charge in [0.1, 0.15) is 11.6 Å². The zero-order valence-corrected chi connectivity index (χ0v) is 15.0. The number of halogens is 2. The zero-order chi connectivity index (χ0) is 17.1. The van der Waals surface area contributed by atoms with Crippen LogP contribution in [0.15, 0.2) is 60.7 Å². The molecular formula is C20H16F2S2. The number of hydrogen-bond donors (Lipinski definition) is 0. The molecule has 0 amide bonds. The molecule has 122 valence electrons. The van der Waals surface area contributed by atoms with E-state index in [0.29, 0.717) is 9.75 Å². The molecule has 0 nitrogen and oxygen atoms in total. The molecule has 2 aromatic heterocycles. The minimum absolute atomic E-state index is 0.358. The Bertz CT molecular complexity index is 893. The first kappa shape index (κ1) is 16.8. The van der Waals surface area contributed by atoms with Crippen molar-refractivity contribution in [3.05, 3.63) is 82.7 Å². The molecular weight excluding hydrogens is 342 g/mol. The van der Waals surface area contributed by atoms with Crippen LogP contribution in [0.1, 0.15) is 10.4 Å². The molecule has 0 spiro atoms. The Labute approximate surface area is 148 Å². The highest BCUT2D eigenvalue weighted by atomic mass is 32.1. The quantitative estimate of drug-likeness (QED) is 0.456. The summed E-state index contributed by atoms with van der Waals surface area (Å²) in [7, 11) is 0. The lowest BCUT2D eigenvalue weighted by atomic mass is 10.2. The van der Waals surface area contributed by atoms with E-state index in [1.807, 2.05) is 62.4 Å². The van der Waals surface area contributed by atoms with Gasteiger partial charge in [0.05, 0.1) is 9.75 Å². The average molecular weight is 358 g/mol. The van der Waals surface area contributed by atoms with Crippen molar-refractivity contribution in [2.24, 2.45) is 0 Å². The zero-order valence-electron chi connectivity index (χ0n) is 13.3. The van der Waals surface area contributed by atoms with Gasteiger partial charge < -0.3 is 0 Å². The number of hydrogen-bond acceptors (Lipinski definition) is 2. The summed E-state index contributed by atoms with van der Waals surface area (Å²) in [5, 5.41) is 0. The van der Waals surface area contributed by atoms with Gasteiger partial charge in [-0.15, -0.1) is 22.7 Å². The van der Waals surface area contributed by atoms with Crippen LogP contribution in [0.2, 0.25) is 0 Å². The van der Waals surface area contributed by atoms with Crippen molar-refractivity contribution < 1.29 is 8.78 Å². The van der Waals surface area contributed by atoms with E-state index in [1.54, 1.807) is 0 Å². The first-order valence-corrected chi connectivity index (χ1v) is 9.14. The normalized spacial score (nSPS) is 10.5. The molecule has 24 heavy (non-hydrogen) atoms.